The molecule has 0 spiro atoms. The Labute approximate surface area is 415 Å². The number of fused-ring (bicyclic) bond motifs is 7. The number of ether oxygens (including phenoxy) is 1. The maximum atomic E-state index is 7.37. The van der Waals surface area contributed by atoms with Gasteiger partial charge in [-0.05, 0) is 127 Å². The van der Waals surface area contributed by atoms with E-state index >= 15 is 0 Å². The second kappa shape index (κ2) is 16.1. The van der Waals surface area contributed by atoms with Crippen molar-refractivity contribution in [2.24, 2.45) is 0 Å². The van der Waals surface area contributed by atoms with Gasteiger partial charge in [-0.3, -0.25) is 0 Å². The van der Waals surface area contributed by atoms with Crippen molar-refractivity contribution in [2.45, 2.75) is 52.4 Å². The van der Waals surface area contributed by atoms with Crippen molar-refractivity contribution in [2.75, 3.05) is 9.80 Å². The molecule has 6 nitrogen and oxygen atoms in total. The van der Waals surface area contributed by atoms with Gasteiger partial charge < -0.3 is 14.5 Å². The topological polar surface area (TPSA) is 46.4 Å². The lowest BCUT2D eigenvalue weighted by Crippen LogP contribution is -2.59. The van der Waals surface area contributed by atoms with Gasteiger partial charge in [0, 0.05) is 45.3 Å². The van der Waals surface area contributed by atoms with Crippen molar-refractivity contribution in [3.05, 3.63) is 217 Å². The molecule has 71 heavy (non-hydrogen) atoms. The Bertz CT molecular complexity index is 3820. The summed E-state index contributed by atoms with van der Waals surface area (Å²) in [5.41, 5.74) is 17.2. The van der Waals surface area contributed by atoms with E-state index in [4.69, 9.17) is 14.9 Å². The molecule has 0 fully saturated rings. The maximum Gasteiger partial charge on any atom is 0.256 e. The van der Waals surface area contributed by atoms with E-state index in [0.717, 1.165) is 78.7 Å². The Morgan fingerprint density at radius 2 is 1.03 bits per heavy atom. The van der Waals surface area contributed by atoms with Crippen LogP contribution in [0.15, 0.2) is 206 Å². The van der Waals surface area contributed by atoms with E-state index in [0.29, 0.717) is 0 Å². The molecular weight excluding hydrogens is 866 g/mol. The van der Waals surface area contributed by atoms with Gasteiger partial charge in [0.25, 0.3) is 6.71 Å². The standard InChI is InChI=1S/C64H52BN5O/c1-63(2,3)42-30-32-46(33-31-42)70-66-54-39-53-56(40-55(54)67-70)69(45-24-14-9-15-25-45)57-36-43(64(4,5)6)37-59-61(57)65(53)52-35-34-47(38-58(52)71-59)68(44-22-12-8-13-23-44)62-50-28-18-16-26-48(50)60(41-20-10-7-11-21-41)49-27-17-19-29-51(49)62/h7-40H,1-6H3. The van der Waals surface area contributed by atoms with Crippen LogP contribution in [0.25, 0.3) is 49.4 Å². The molecule has 2 aliphatic heterocycles. The first-order chi connectivity index (χ1) is 34.5. The molecule has 1 aromatic heterocycles. The number of hydrogen-bond acceptors (Lipinski definition) is 5. The Morgan fingerprint density at radius 3 is 1.66 bits per heavy atom. The van der Waals surface area contributed by atoms with Gasteiger partial charge in [0.15, 0.2) is 0 Å². The summed E-state index contributed by atoms with van der Waals surface area (Å²) in [6.45, 7) is 13.4. The molecule has 0 aliphatic carbocycles. The highest BCUT2D eigenvalue weighted by molar-refractivity contribution is 6.99. The van der Waals surface area contributed by atoms with Crippen molar-refractivity contribution in [3.63, 3.8) is 0 Å². The Kier molecular flexibility index (Phi) is 9.66. The van der Waals surface area contributed by atoms with Gasteiger partial charge in [0.05, 0.1) is 11.4 Å². The minimum Gasteiger partial charge on any atom is -0.458 e. The monoisotopic (exact) mass is 917 g/mol. The second-order valence-electron chi connectivity index (χ2n) is 21.1. The van der Waals surface area contributed by atoms with Gasteiger partial charge in [-0.2, -0.15) is 4.80 Å². The van der Waals surface area contributed by atoms with Crippen molar-refractivity contribution < 1.29 is 4.74 Å². The lowest BCUT2D eigenvalue weighted by Gasteiger charge is -2.41. The molecule has 0 unspecified atom stereocenters. The first kappa shape index (κ1) is 42.7. The van der Waals surface area contributed by atoms with Crippen LogP contribution < -0.4 is 30.9 Å². The Hall–Kier alpha value is -8.42. The molecule has 3 heterocycles. The zero-order valence-electron chi connectivity index (χ0n) is 40.9. The van der Waals surface area contributed by atoms with Crippen LogP contribution in [0.2, 0.25) is 0 Å². The molecule has 0 radical (unpaired) electrons. The number of nitrogens with zero attached hydrogens (tertiary/aromatic N) is 5. The minimum atomic E-state index is -0.164. The summed E-state index contributed by atoms with van der Waals surface area (Å²) >= 11 is 0. The van der Waals surface area contributed by atoms with Crippen LogP contribution in [0.5, 0.6) is 11.5 Å². The number of benzene rings is 10. The average molecular weight is 918 g/mol. The van der Waals surface area contributed by atoms with Gasteiger partial charge in [-0.15, -0.1) is 10.2 Å². The summed E-state index contributed by atoms with van der Waals surface area (Å²) in [5, 5.41) is 15.1. The highest BCUT2D eigenvalue weighted by atomic mass is 16.5. The van der Waals surface area contributed by atoms with Crippen molar-refractivity contribution in [1.82, 2.24) is 15.0 Å². The first-order valence-corrected chi connectivity index (χ1v) is 24.7. The van der Waals surface area contributed by atoms with Crippen molar-refractivity contribution in [1.29, 1.82) is 0 Å². The summed E-state index contributed by atoms with van der Waals surface area (Å²) in [6, 6.07) is 74.6. The predicted octanol–water partition coefficient (Wildman–Crippen LogP) is 14.9. The molecule has 11 aromatic rings. The van der Waals surface area contributed by atoms with Crippen LogP contribution in [0.4, 0.5) is 34.1 Å². The molecule has 0 atom stereocenters. The average Bonchev–Trinajstić information content (AvgIpc) is 3.81. The van der Waals surface area contributed by atoms with Gasteiger partial charge in [0.1, 0.15) is 22.5 Å². The molecule has 0 N–H and O–H groups in total. The van der Waals surface area contributed by atoms with Crippen molar-refractivity contribution >= 4 is 89.8 Å². The SMILES string of the molecule is CC(C)(C)c1ccc(-n2nc3cc4c(cc3n2)N(c2ccccc2)c2cc(C(C)(C)C)cc3c2B4c2ccc(N(c4ccccc4)c4c5ccccc5c(-c5ccccc5)c5ccccc45)cc2O3)cc1. The first-order valence-electron chi connectivity index (χ1n) is 24.7. The van der Waals surface area contributed by atoms with Crippen LogP contribution >= 0.6 is 0 Å². The van der Waals surface area contributed by atoms with E-state index in [1.54, 1.807) is 4.80 Å². The van der Waals surface area contributed by atoms with Crippen LogP contribution in [0.1, 0.15) is 52.7 Å². The van der Waals surface area contributed by atoms with Crippen LogP contribution in [-0.2, 0) is 10.8 Å². The number of hydrogen-bond donors (Lipinski definition) is 0. The molecule has 0 bridgehead atoms. The van der Waals surface area contributed by atoms with Crippen LogP contribution in [0, 0.1) is 0 Å². The third kappa shape index (κ3) is 7.01. The normalized spacial score (nSPS) is 13.0. The predicted molar refractivity (Wildman–Crippen MR) is 297 cm³/mol. The van der Waals surface area contributed by atoms with Crippen LogP contribution in [0.3, 0.4) is 0 Å². The molecule has 0 saturated heterocycles. The molecule has 13 rings (SSSR count). The zero-order chi connectivity index (χ0) is 48.2. The summed E-state index contributed by atoms with van der Waals surface area (Å²) in [6.07, 6.45) is 0. The fourth-order valence-electron chi connectivity index (χ4n) is 11.0. The number of aromatic nitrogens is 3. The van der Waals surface area contributed by atoms with Gasteiger partial charge >= 0.3 is 0 Å². The molecule has 2 aliphatic rings. The molecule has 342 valence electrons. The summed E-state index contributed by atoms with van der Waals surface area (Å²) < 4.78 is 7.37. The smallest absolute Gasteiger partial charge is 0.256 e. The lowest BCUT2D eigenvalue weighted by molar-refractivity contribution is 0.483. The van der Waals surface area contributed by atoms with E-state index in [2.05, 4.69) is 258 Å². The summed E-state index contributed by atoms with van der Waals surface area (Å²) in [4.78, 5) is 6.62. The summed E-state index contributed by atoms with van der Waals surface area (Å²) in [5.74, 6) is 1.69. The third-order valence-corrected chi connectivity index (χ3v) is 14.6. The fraction of sp³-hybridized carbons (Fsp3) is 0.125. The van der Waals surface area contributed by atoms with Gasteiger partial charge in [-0.1, -0.05) is 175 Å². The van der Waals surface area contributed by atoms with Crippen molar-refractivity contribution in [3.8, 4) is 28.3 Å². The molecule has 10 aromatic carbocycles. The maximum absolute atomic E-state index is 7.37. The van der Waals surface area contributed by atoms with Crippen LogP contribution in [-0.4, -0.2) is 21.7 Å². The quantitative estimate of drug-likeness (QED) is 0.123. The molecule has 0 saturated carbocycles. The fourth-order valence-corrected chi connectivity index (χ4v) is 11.0. The van der Waals surface area contributed by atoms with Gasteiger partial charge in [-0.25, -0.2) is 0 Å². The largest absolute Gasteiger partial charge is 0.458 e. The Balaban J connectivity index is 1.04. The number of anilines is 6. The lowest BCUT2D eigenvalue weighted by atomic mass is 9.34. The highest BCUT2D eigenvalue weighted by Crippen LogP contribution is 2.50. The summed E-state index contributed by atoms with van der Waals surface area (Å²) in [7, 11) is 0. The van der Waals surface area contributed by atoms with E-state index in [-0.39, 0.29) is 17.5 Å². The minimum absolute atomic E-state index is 0.0406. The number of para-hydroxylation sites is 2. The molecular formula is C64H52BN5O. The molecule has 0 amide bonds. The molecule has 7 heteroatoms. The Morgan fingerprint density at radius 1 is 0.451 bits per heavy atom. The highest BCUT2D eigenvalue weighted by Gasteiger charge is 2.43. The number of rotatable bonds is 6. The van der Waals surface area contributed by atoms with E-state index < -0.39 is 0 Å². The van der Waals surface area contributed by atoms with E-state index in [9.17, 15) is 0 Å². The van der Waals surface area contributed by atoms with E-state index in [1.165, 1.54) is 43.8 Å². The third-order valence-electron chi connectivity index (χ3n) is 14.6. The second-order valence-corrected chi connectivity index (χ2v) is 21.1. The van der Waals surface area contributed by atoms with E-state index in [1.807, 2.05) is 0 Å². The zero-order valence-corrected chi connectivity index (χ0v) is 40.9. The van der Waals surface area contributed by atoms with Gasteiger partial charge in [0.2, 0.25) is 0 Å².